The highest BCUT2D eigenvalue weighted by atomic mass is 35.5. The zero-order chi connectivity index (χ0) is 24.4. The van der Waals surface area contributed by atoms with E-state index in [-0.39, 0.29) is 19.0 Å². The zero-order valence-electron chi connectivity index (χ0n) is 20.4. The predicted molar refractivity (Wildman–Crippen MR) is 142 cm³/mol. The molecular formula is C27H31Cl2N3O4. The number of β-amino-alcohol motifs (C(OH)–C–C–N with tert-alkyl or cyclic N) is 1. The number of hydrogen-bond acceptors (Lipinski definition) is 7. The minimum atomic E-state index is -0.589. The van der Waals surface area contributed by atoms with E-state index in [1.807, 2.05) is 30.3 Å². The Labute approximate surface area is 221 Å². The number of nitrogens with zero attached hydrogens (tertiary/aromatic N) is 3. The van der Waals surface area contributed by atoms with Gasteiger partial charge in [0.1, 0.15) is 24.0 Å². The second kappa shape index (κ2) is 11.6. The predicted octanol–water partition coefficient (Wildman–Crippen LogP) is 6.05. The summed E-state index contributed by atoms with van der Waals surface area (Å²) >= 11 is 6.29. The van der Waals surface area contributed by atoms with Crippen LogP contribution in [-0.4, -0.2) is 52.5 Å². The lowest BCUT2D eigenvalue weighted by molar-refractivity contribution is 0.0599. The molecule has 0 bridgehead atoms. The van der Waals surface area contributed by atoms with Gasteiger partial charge in [0.05, 0.1) is 5.39 Å². The molecule has 192 valence electrons. The number of aliphatic hydroxyl groups is 1. The molecule has 1 aliphatic heterocycles. The Morgan fingerprint density at radius 3 is 2.67 bits per heavy atom. The van der Waals surface area contributed by atoms with Gasteiger partial charge in [-0.3, -0.25) is 0 Å². The minimum absolute atomic E-state index is 0. The Kier molecular flexibility index (Phi) is 8.57. The topological polar surface area (TPSA) is 84.8 Å². The molecule has 0 amide bonds. The van der Waals surface area contributed by atoms with Crippen molar-refractivity contribution < 1.29 is 18.7 Å². The van der Waals surface area contributed by atoms with Crippen LogP contribution in [0.5, 0.6) is 5.75 Å². The van der Waals surface area contributed by atoms with E-state index >= 15 is 0 Å². The van der Waals surface area contributed by atoms with Crippen molar-refractivity contribution >= 4 is 35.0 Å². The van der Waals surface area contributed by atoms with Crippen molar-refractivity contribution in [3.63, 3.8) is 0 Å². The summed E-state index contributed by atoms with van der Waals surface area (Å²) < 4.78 is 17.3. The third-order valence-electron chi connectivity index (χ3n) is 6.67. The summed E-state index contributed by atoms with van der Waals surface area (Å²) in [4.78, 5) is 2.32. The summed E-state index contributed by atoms with van der Waals surface area (Å²) in [6, 6.07) is 13.9. The molecule has 0 spiro atoms. The molecule has 4 aromatic rings. The molecule has 3 heterocycles. The largest absolute Gasteiger partial charge is 0.490 e. The summed E-state index contributed by atoms with van der Waals surface area (Å²) in [6.45, 7) is 6.57. The fraction of sp³-hybridized carbons (Fsp3) is 0.407. The molecule has 0 saturated carbocycles. The van der Waals surface area contributed by atoms with Gasteiger partial charge in [0.15, 0.2) is 5.76 Å². The minimum Gasteiger partial charge on any atom is -0.490 e. The molecule has 0 radical (unpaired) electrons. The van der Waals surface area contributed by atoms with Gasteiger partial charge in [-0.05, 0) is 67.6 Å². The van der Waals surface area contributed by atoms with Gasteiger partial charge in [-0.2, -0.15) is 0 Å². The summed E-state index contributed by atoms with van der Waals surface area (Å²) in [6.07, 6.45) is 2.51. The number of aliphatic hydroxyl groups excluding tert-OH is 1. The van der Waals surface area contributed by atoms with Crippen molar-refractivity contribution in [2.45, 2.75) is 45.1 Å². The number of likely N-dealkylation sites (tertiary alicyclic amines) is 1. The van der Waals surface area contributed by atoms with Crippen LogP contribution in [-0.2, 0) is 6.42 Å². The van der Waals surface area contributed by atoms with Crippen LogP contribution in [0.15, 0.2) is 51.3 Å². The highest BCUT2D eigenvalue weighted by molar-refractivity contribution is 6.31. The van der Waals surface area contributed by atoms with E-state index in [9.17, 15) is 5.11 Å². The monoisotopic (exact) mass is 531 g/mol. The van der Waals surface area contributed by atoms with Crippen LogP contribution in [0.2, 0.25) is 5.02 Å². The average Bonchev–Trinajstić information content (AvgIpc) is 3.50. The lowest BCUT2D eigenvalue weighted by Gasteiger charge is -2.33. The van der Waals surface area contributed by atoms with Gasteiger partial charge >= 0.3 is 0 Å². The number of rotatable bonds is 8. The maximum Gasteiger partial charge on any atom is 0.283 e. The normalized spacial score (nSPS) is 15.7. The van der Waals surface area contributed by atoms with E-state index < -0.39 is 6.10 Å². The Balaban J connectivity index is 0.00000304. The number of hydrogen-bond donors (Lipinski definition) is 1. The van der Waals surface area contributed by atoms with E-state index in [1.165, 1.54) is 11.1 Å². The molecule has 1 saturated heterocycles. The average molecular weight is 532 g/mol. The molecule has 5 rings (SSSR count). The Bertz CT molecular complexity index is 1300. The third-order valence-corrected chi connectivity index (χ3v) is 7.04. The maximum absolute atomic E-state index is 10.7. The lowest BCUT2D eigenvalue weighted by Crippen LogP contribution is -2.40. The van der Waals surface area contributed by atoms with Crippen LogP contribution in [0.4, 0.5) is 0 Å². The van der Waals surface area contributed by atoms with Crippen molar-refractivity contribution in [2.24, 2.45) is 0 Å². The van der Waals surface area contributed by atoms with Crippen molar-refractivity contribution in [1.29, 1.82) is 0 Å². The number of fused-ring (bicyclic) bond motifs is 1. The van der Waals surface area contributed by atoms with Crippen molar-refractivity contribution in [3.8, 4) is 17.4 Å². The molecule has 1 atom stereocenters. The van der Waals surface area contributed by atoms with Gasteiger partial charge in [0.2, 0.25) is 5.89 Å². The van der Waals surface area contributed by atoms with Crippen molar-refractivity contribution in [2.75, 3.05) is 26.2 Å². The van der Waals surface area contributed by atoms with Gasteiger partial charge in [-0.25, -0.2) is 0 Å². The van der Waals surface area contributed by atoms with E-state index in [4.69, 9.17) is 25.2 Å². The van der Waals surface area contributed by atoms with Gasteiger partial charge in [0, 0.05) is 24.6 Å². The second-order valence-electron chi connectivity index (χ2n) is 9.15. The summed E-state index contributed by atoms with van der Waals surface area (Å²) in [5, 5.41) is 20.2. The first-order chi connectivity index (χ1) is 17.0. The third kappa shape index (κ3) is 5.86. The van der Waals surface area contributed by atoms with E-state index in [2.05, 4.69) is 34.2 Å². The number of piperidine rings is 1. The SMILES string of the molecule is CCc1cc(C2CCN(C[C@H](O)COc3cccc4oc(-c5nnc(C)o5)cc34)CC2)ccc1Cl.Cl. The molecule has 1 fully saturated rings. The van der Waals surface area contributed by atoms with E-state index in [0.29, 0.717) is 41.3 Å². The van der Waals surface area contributed by atoms with E-state index in [0.717, 1.165) is 42.8 Å². The Hall–Kier alpha value is -2.58. The zero-order valence-corrected chi connectivity index (χ0v) is 22.0. The molecule has 2 aromatic carbocycles. The quantitative estimate of drug-likeness (QED) is 0.296. The van der Waals surface area contributed by atoms with Crippen LogP contribution in [0.25, 0.3) is 22.6 Å². The number of aryl methyl sites for hydroxylation is 2. The first-order valence-electron chi connectivity index (χ1n) is 12.1. The molecular weight excluding hydrogens is 501 g/mol. The molecule has 0 aliphatic carbocycles. The number of benzene rings is 2. The van der Waals surface area contributed by atoms with Crippen LogP contribution >= 0.6 is 24.0 Å². The van der Waals surface area contributed by atoms with E-state index in [1.54, 1.807) is 6.92 Å². The van der Waals surface area contributed by atoms with Gasteiger partial charge < -0.3 is 23.6 Å². The van der Waals surface area contributed by atoms with Crippen LogP contribution in [0, 0.1) is 6.92 Å². The van der Waals surface area contributed by atoms with Gasteiger partial charge in [-0.1, -0.05) is 36.7 Å². The molecule has 7 nitrogen and oxygen atoms in total. The lowest BCUT2D eigenvalue weighted by atomic mass is 9.88. The number of ether oxygens (including phenoxy) is 1. The number of furan rings is 1. The number of aromatic nitrogens is 2. The van der Waals surface area contributed by atoms with Crippen molar-refractivity contribution in [3.05, 3.63) is 64.5 Å². The molecule has 1 aliphatic rings. The smallest absolute Gasteiger partial charge is 0.283 e. The first kappa shape index (κ1) is 26.5. The molecule has 36 heavy (non-hydrogen) atoms. The van der Waals surface area contributed by atoms with Crippen LogP contribution in [0.3, 0.4) is 0 Å². The van der Waals surface area contributed by atoms with Gasteiger partial charge in [0.25, 0.3) is 5.89 Å². The highest BCUT2D eigenvalue weighted by Gasteiger charge is 2.23. The molecule has 0 unspecified atom stereocenters. The first-order valence-corrected chi connectivity index (χ1v) is 12.5. The fourth-order valence-corrected chi connectivity index (χ4v) is 5.02. The van der Waals surface area contributed by atoms with Crippen LogP contribution < -0.4 is 4.74 Å². The molecule has 9 heteroatoms. The molecule has 2 aromatic heterocycles. The standard InChI is InChI=1S/C27H30ClN3O4.ClH/c1-3-18-13-20(7-8-23(18)28)19-9-11-31(12-10-19)15-21(32)16-33-24-5-4-6-25-22(24)14-26(35-25)27-30-29-17(2)34-27;/h4-8,13-14,19,21,32H,3,9-12,15-16H2,1-2H3;1H/t21-;/m0./s1. The van der Waals surface area contributed by atoms with Gasteiger partial charge in [-0.15, -0.1) is 22.6 Å². The van der Waals surface area contributed by atoms with Crippen molar-refractivity contribution in [1.82, 2.24) is 15.1 Å². The van der Waals surface area contributed by atoms with Crippen LogP contribution in [0.1, 0.15) is 42.7 Å². The number of halogens is 2. The molecule has 1 N–H and O–H groups in total. The highest BCUT2D eigenvalue weighted by Crippen LogP contribution is 2.33. The Morgan fingerprint density at radius 1 is 1.14 bits per heavy atom. The summed E-state index contributed by atoms with van der Waals surface area (Å²) in [7, 11) is 0. The summed E-state index contributed by atoms with van der Waals surface area (Å²) in [5.41, 5.74) is 3.25. The summed E-state index contributed by atoms with van der Waals surface area (Å²) in [5.74, 6) is 2.49. The Morgan fingerprint density at radius 2 is 1.94 bits per heavy atom. The second-order valence-corrected chi connectivity index (χ2v) is 9.56. The fourth-order valence-electron chi connectivity index (χ4n) is 4.77. The maximum atomic E-state index is 10.7.